The van der Waals surface area contributed by atoms with Gasteiger partial charge in [0.2, 0.25) is 0 Å². The van der Waals surface area contributed by atoms with Crippen LogP contribution in [0.1, 0.15) is 0 Å². The molecule has 0 saturated carbocycles. The van der Waals surface area contributed by atoms with Gasteiger partial charge in [0.05, 0.1) is 7.11 Å². The molecule has 112 valence electrons. The number of halogens is 2. The molecule has 1 aromatic carbocycles. The standard InChI is InChI=1S/C15H11BrClN3OS/c1-21-11-5-3-4-10(16)12(11)9-6-8-7-18-15(22-2)20-14(8)19-13(9)17/h3-7H,1-2H3. The summed E-state index contributed by atoms with van der Waals surface area (Å²) in [7, 11) is 1.63. The highest BCUT2D eigenvalue weighted by Gasteiger charge is 2.16. The monoisotopic (exact) mass is 395 g/mol. The Bertz CT molecular complexity index is 860. The molecule has 0 saturated heterocycles. The van der Waals surface area contributed by atoms with Gasteiger partial charge in [-0.05, 0) is 24.5 Å². The molecule has 4 nitrogen and oxygen atoms in total. The number of thioether (sulfide) groups is 1. The second kappa shape index (κ2) is 6.40. The Morgan fingerprint density at radius 1 is 1.27 bits per heavy atom. The minimum absolute atomic E-state index is 0.378. The number of rotatable bonds is 3. The Kier molecular flexibility index (Phi) is 4.52. The van der Waals surface area contributed by atoms with E-state index in [9.17, 15) is 0 Å². The van der Waals surface area contributed by atoms with Crippen LogP contribution in [0.25, 0.3) is 22.2 Å². The first-order chi connectivity index (χ1) is 10.6. The fraction of sp³-hybridized carbons (Fsp3) is 0.133. The zero-order valence-corrected chi connectivity index (χ0v) is 15.0. The highest BCUT2D eigenvalue weighted by Crippen LogP contribution is 2.40. The maximum atomic E-state index is 6.38. The van der Waals surface area contributed by atoms with Crippen LogP contribution in [0.3, 0.4) is 0 Å². The predicted molar refractivity (Wildman–Crippen MR) is 93.8 cm³/mol. The van der Waals surface area contributed by atoms with Gasteiger partial charge in [0, 0.05) is 27.2 Å². The van der Waals surface area contributed by atoms with Crippen LogP contribution < -0.4 is 4.74 Å². The van der Waals surface area contributed by atoms with Crippen molar-refractivity contribution in [3.63, 3.8) is 0 Å². The maximum Gasteiger partial charge on any atom is 0.189 e. The van der Waals surface area contributed by atoms with Crippen molar-refractivity contribution in [2.24, 2.45) is 0 Å². The number of methoxy groups -OCH3 is 1. The Hall–Kier alpha value is -1.37. The van der Waals surface area contributed by atoms with Gasteiger partial charge in [0.15, 0.2) is 10.8 Å². The van der Waals surface area contributed by atoms with Crippen molar-refractivity contribution in [2.75, 3.05) is 13.4 Å². The molecule has 0 amide bonds. The smallest absolute Gasteiger partial charge is 0.189 e. The van der Waals surface area contributed by atoms with Crippen molar-refractivity contribution >= 4 is 50.3 Å². The van der Waals surface area contributed by atoms with E-state index in [0.717, 1.165) is 26.7 Å². The third-order valence-electron chi connectivity index (χ3n) is 3.15. The molecule has 0 aliphatic carbocycles. The number of hydrogen-bond donors (Lipinski definition) is 0. The summed E-state index contributed by atoms with van der Waals surface area (Å²) in [5.74, 6) is 0.721. The van der Waals surface area contributed by atoms with Crippen LogP contribution in [0.5, 0.6) is 5.75 Å². The quantitative estimate of drug-likeness (QED) is 0.360. The van der Waals surface area contributed by atoms with Crippen LogP contribution in [0.2, 0.25) is 5.15 Å². The lowest BCUT2D eigenvalue weighted by Crippen LogP contribution is -1.95. The Morgan fingerprint density at radius 2 is 2.09 bits per heavy atom. The van der Waals surface area contributed by atoms with Gasteiger partial charge in [-0.1, -0.05) is 45.4 Å². The van der Waals surface area contributed by atoms with Gasteiger partial charge < -0.3 is 4.74 Å². The molecular formula is C15H11BrClN3OS. The summed E-state index contributed by atoms with van der Waals surface area (Å²) in [5, 5.41) is 1.88. The molecule has 7 heteroatoms. The Balaban J connectivity index is 2.26. The van der Waals surface area contributed by atoms with Gasteiger partial charge in [0.1, 0.15) is 10.9 Å². The molecule has 22 heavy (non-hydrogen) atoms. The van der Waals surface area contributed by atoms with Gasteiger partial charge in [0.25, 0.3) is 0 Å². The molecule has 0 radical (unpaired) electrons. The minimum Gasteiger partial charge on any atom is -0.496 e. The van der Waals surface area contributed by atoms with Gasteiger partial charge >= 0.3 is 0 Å². The number of fused-ring (bicyclic) bond motifs is 1. The van der Waals surface area contributed by atoms with Crippen molar-refractivity contribution in [1.29, 1.82) is 0 Å². The number of hydrogen-bond acceptors (Lipinski definition) is 5. The molecule has 3 aromatic rings. The van der Waals surface area contributed by atoms with Crippen LogP contribution in [0, 0.1) is 0 Å². The van der Waals surface area contributed by atoms with Crippen molar-refractivity contribution < 1.29 is 4.74 Å². The Labute approximate surface area is 145 Å². The van der Waals surface area contributed by atoms with Crippen LogP contribution in [-0.2, 0) is 0 Å². The lowest BCUT2D eigenvalue weighted by molar-refractivity contribution is 0.416. The molecule has 2 heterocycles. The molecule has 2 aromatic heterocycles. The summed E-state index contributed by atoms with van der Waals surface area (Å²) in [4.78, 5) is 13.1. The van der Waals surface area contributed by atoms with Crippen molar-refractivity contribution in [2.45, 2.75) is 5.16 Å². The molecular weight excluding hydrogens is 386 g/mol. The average molecular weight is 397 g/mol. The molecule has 0 aliphatic rings. The van der Waals surface area contributed by atoms with Crippen molar-refractivity contribution in [3.8, 4) is 16.9 Å². The van der Waals surface area contributed by atoms with E-state index in [-0.39, 0.29) is 0 Å². The van der Waals surface area contributed by atoms with E-state index in [1.807, 2.05) is 30.5 Å². The summed E-state index contributed by atoms with van der Waals surface area (Å²) in [6.45, 7) is 0. The zero-order valence-electron chi connectivity index (χ0n) is 11.8. The third-order valence-corrected chi connectivity index (χ3v) is 4.66. The molecule has 0 bridgehead atoms. The summed E-state index contributed by atoms with van der Waals surface area (Å²) in [5.41, 5.74) is 2.22. The molecule has 0 N–H and O–H groups in total. The molecule has 0 aliphatic heterocycles. The van der Waals surface area contributed by atoms with E-state index >= 15 is 0 Å². The summed E-state index contributed by atoms with van der Waals surface area (Å²) in [6, 6.07) is 7.65. The third kappa shape index (κ3) is 2.78. The number of aromatic nitrogens is 3. The topological polar surface area (TPSA) is 47.9 Å². The van der Waals surface area contributed by atoms with Gasteiger partial charge in [-0.25, -0.2) is 15.0 Å². The van der Waals surface area contributed by atoms with Crippen LogP contribution in [-0.4, -0.2) is 28.3 Å². The van der Waals surface area contributed by atoms with E-state index in [0.29, 0.717) is 16.0 Å². The van der Waals surface area contributed by atoms with Crippen LogP contribution in [0.15, 0.2) is 40.1 Å². The minimum atomic E-state index is 0.378. The fourth-order valence-electron chi connectivity index (χ4n) is 2.14. The second-order valence-corrected chi connectivity index (χ2v) is 6.40. The molecule has 0 unspecified atom stereocenters. The molecule has 0 atom stereocenters. The largest absolute Gasteiger partial charge is 0.496 e. The number of benzene rings is 1. The summed E-state index contributed by atoms with van der Waals surface area (Å²) >= 11 is 11.4. The lowest BCUT2D eigenvalue weighted by Gasteiger charge is -2.12. The molecule has 3 rings (SSSR count). The van der Waals surface area contributed by atoms with E-state index in [2.05, 4.69) is 30.9 Å². The van der Waals surface area contributed by atoms with Gasteiger partial charge in [-0.15, -0.1) is 0 Å². The van der Waals surface area contributed by atoms with E-state index in [1.165, 1.54) is 11.8 Å². The molecule has 0 spiro atoms. The second-order valence-electron chi connectivity index (χ2n) is 4.41. The first-order valence-corrected chi connectivity index (χ1v) is 8.73. The first-order valence-electron chi connectivity index (χ1n) is 6.34. The van der Waals surface area contributed by atoms with E-state index < -0.39 is 0 Å². The van der Waals surface area contributed by atoms with Crippen LogP contribution >= 0.6 is 39.3 Å². The van der Waals surface area contributed by atoms with Gasteiger partial charge in [-0.2, -0.15) is 0 Å². The highest BCUT2D eigenvalue weighted by atomic mass is 79.9. The average Bonchev–Trinajstić information content (AvgIpc) is 2.53. The summed E-state index contributed by atoms with van der Waals surface area (Å²) < 4.78 is 6.32. The zero-order chi connectivity index (χ0) is 15.7. The normalized spacial score (nSPS) is 10.9. The van der Waals surface area contributed by atoms with Crippen LogP contribution in [0.4, 0.5) is 0 Å². The SMILES string of the molecule is COc1cccc(Br)c1-c1cc2cnc(SC)nc2nc1Cl. The summed E-state index contributed by atoms with van der Waals surface area (Å²) in [6.07, 6.45) is 3.67. The highest BCUT2D eigenvalue weighted by molar-refractivity contribution is 9.10. The van der Waals surface area contributed by atoms with Gasteiger partial charge in [-0.3, -0.25) is 0 Å². The van der Waals surface area contributed by atoms with Crippen molar-refractivity contribution in [1.82, 2.24) is 15.0 Å². The number of pyridine rings is 1. The predicted octanol–water partition coefficient (Wildman–Crippen LogP) is 4.84. The molecule has 0 fully saturated rings. The number of nitrogens with zero attached hydrogens (tertiary/aromatic N) is 3. The lowest BCUT2D eigenvalue weighted by atomic mass is 10.1. The first kappa shape index (κ1) is 15.5. The maximum absolute atomic E-state index is 6.38. The van der Waals surface area contributed by atoms with Crippen molar-refractivity contribution in [3.05, 3.63) is 40.1 Å². The van der Waals surface area contributed by atoms with E-state index in [1.54, 1.807) is 13.3 Å². The fourth-order valence-corrected chi connectivity index (χ4v) is 3.26. The Morgan fingerprint density at radius 3 is 2.82 bits per heavy atom. The number of ether oxygens (including phenoxy) is 1. The van der Waals surface area contributed by atoms with E-state index in [4.69, 9.17) is 16.3 Å².